The number of aromatic nitrogens is 3. The molecule has 84 valence electrons. The summed E-state index contributed by atoms with van der Waals surface area (Å²) in [7, 11) is 0. The second-order valence-corrected chi connectivity index (χ2v) is 4.22. The Kier molecular flexibility index (Phi) is 2.25. The van der Waals surface area contributed by atoms with Crippen molar-refractivity contribution in [3.8, 4) is 0 Å². The van der Waals surface area contributed by atoms with Gasteiger partial charge in [0, 0.05) is 24.9 Å². The highest BCUT2D eigenvalue weighted by Gasteiger charge is 2.28. The summed E-state index contributed by atoms with van der Waals surface area (Å²) in [5.74, 6) is 2.07. The molecule has 1 aliphatic rings. The minimum absolute atomic E-state index is 0.543. The summed E-state index contributed by atoms with van der Waals surface area (Å²) < 4.78 is 7.21. The van der Waals surface area contributed by atoms with Crippen molar-refractivity contribution in [3.63, 3.8) is 0 Å². The maximum absolute atomic E-state index is 5.54. The highest BCUT2D eigenvalue weighted by atomic mass is 16.5. The van der Waals surface area contributed by atoms with E-state index in [0.717, 1.165) is 11.4 Å². The van der Waals surface area contributed by atoms with Crippen LogP contribution in [0.25, 0.3) is 0 Å². The van der Waals surface area contributed by atoms with Crippen LogP contribution in [0.3, 0.4) is 0 Å². The molecule has 5 nitrogen and oxygen atoms in total. The Labute approximate surface area is 93.3 Å². The molecule has 0 aromatic carbocycles. The summed E-state index contributed by atoms with van der Waals surface area (Å²) in [5.41, 5.74) is 6.66. The fraction of sp³-hybridized carbons (Fsp3) is 0.455. The van der Waals surface area contributed by atoms with Crippen LogP contribution in [-0.2, 0) is 13.1 Å². The maximum atomic E-state index is 5.54. The van der Waals surface area contributed by atoms with Crippen LogP contribution >= 0.6 is 0 Å². The van der Waals surface area contributed by atoms with Gasteiger partial charge in [0.1, 0.15) is 6.54 Å². The zero-order chi connectivity index (χ0) is 11.0. The molecule has 0 bridgehead atoms. The summed E-state index contributed by atoms with van der Waals surface area (Å²) >= 11 is 0. The molecule has 1 saturated carbocycles. The number of hydrogen-bond donors (Lipinski definition) is 1. The fourth-order valence-electron chi connectivity index (χ4n) is 1.71. The predicted octanol–water partition coefficient (Wildman–Crippen LogP) is 1.26. The van der Waals surface area contributed by atoms with Gasteiger partial charge in [-0.15, -0.1) is 0 Å². The van der Waals surface area contributed by atoms with E-state index in [4.69, 9.17) is 10.3 Å². The molecule has 0 unspecified atom stereocenters. The number of nitrogens with two attached hydrogens (primary N) is 1. The van der Waals surface area contributed by atoms with E-state index in [0.29, 0.717) is 24.9 Å². The molecule has 2 aromatic rings. The van der Waals surface area contributed by atoms with E-state index < -0.39 is 0 Å². The van der Waals surface area contributed by atoms with Crippen molar-refractivity contribution in [1.29, 1.82) is 0 Å². The van der Waals surface area contributed by atoms with Gasteiger partial charge in [0.05, 0.1) is 0 Å². The van der Waals surface area contributed by atoms with Crippen LogP contribution in [0.1, 0.15) is 36.0 Å². The molecule has 16 heavy (non-hydrogen) atoms. The third-order valence-electron chi connectivity index (χ3n) is 2.79. The van der Waals surface area contributed by atoms with E-state index >= 15 is 0 Å². The smallest absolute Gasteiger partial charge is 0.246 e. The van der Waals surface area contributed by atoms with Crippen molar-refractivity contribution in [2.24, 2.45) is 5.73 Å². The molecule has 1 fully saturated rings. The minimum atomic E-state index is 0.543. The Balaban J connectivity index is 1.72. The summed E-state index contributed by atoms with van der Waals surface area (Å²) in [6.45, 7) is 1.18. The van der Waals surface area contributed by atoms with Gasteiger partial charge < -0.3 is 14.8 Å². The van der Waals surface area contributed by atoms with Gasteiger partial charge in [-0.25, -0.2) is 0 Å². The second-order valence-electron chi connectivity index (χ2n) is 4.22. The Morgan fingerprint density at radius 1 is 1.50 bits per heavy atom. The number of hydrogen-bond acceptors (Lipinski definition) is 4. The van der Waals surface area contributed by atoms with E-state index in [2.05, 4.69) is 10.1 Å². The van der Waals surface area contributed by atoms with E-state index in [1.807, 2.05) is 23.0 Å². The SMILES string of the molecule is NCc1ccn(Cc2nc(C3CC3)no2)c1. The molecule has 0 aliphatic heterocycles. The van der Waals surface area contributed by atoms with E-state index in [1.54, 1.807) is 0 Å². The van der Waals surface area contributed by atoms with Crippen molar-refractivity contribution < 1.29 is 4.52 Å². The first-order valence-corrected chi connectivity index (χ1v) is 5.52. The molecule has 2 heterocycles. The summed E-state index contributed by atoms with van der Waals surface area (Å²) in [4.78, 5) is 4.37. The molecule has 3 rings (SSSR count). The molecule has 1 aliphatic carbocycles. The van der Waals surface area contributed by atoms with Crippen LogP contribution in [0.4, 0.5) is 0 Å². The molecule has 2 aromatic heterocycles. The first-order chi connectivity index (χ1) is 7.85. The van der Waals surface area contributed by atoms with Gasteiger partial charge in [0.15, 0.2) is 5.82 Å². The lowest BCUT2D eigenvalue weighted by atomic mass is 10.3. The lowest BCUT2D eigenvalue weighted by Gasteiger charge is -1.95. The molecule has 0 atom stereocenters. The number of rotatable bonds is 4. The van der Waals surface area contributed by atoms with E-state index in [1.165, 1.54) is 12.8 Å². The summed E-state index contributed by atoms with van der Waals surface area (Å²) in [6, 6.07) is 2.00. The standard InChI is InChI=1S/C11H14N4O/c12-5-8-3-4-15(6-8)7-10-13-11(14-16-10)9-1-2-9/h3-4,6,9H,1-2,5,7,12H2. The van der Waals surface area contributed by atoms with Crippen molar-refractivity contribution in [2.75, 3.05) is 0 Å². The Morgan fingerprint density at radius 3 is 3.06 bits per heavy atom. The molecule has 0 saturated heterocycles. The van der Waals surface area contributed by atoms with Crippen molar-refractivity contribution >= 4 is 0 Å². The topological polar surface area (TPSA) is 69.9 Å². The van der Waals surface area contributed by atoms with Crippen LogP contribution in [0.2, 0.25) is 0 Å². The quantitative estimate of drug-likeness (QED) is 0.838. The average molecular weight is 218 g/mol. The molecular formula is C11H14N4O. The van der Waals surface area contributed by atoms with Gasteiger partial charge >= 0.3 is 0 Å². The zero-order valence-corrected chi connectivity index (χ0v) is 8.97. The van der Waals surface area contributed by atoms with Crippen molar-refractivity contribution in [1.82, 2.24) is 14.7 Å². The molecule has 5 heteroatoms. The van der Waals surface area contributed by atoms with E-state index in [-0.39, 0.29) is 0 Å². The van der Waals surface area contributed by atoms with Crippen LogP contribution < -0.4 is 5.73 Å². The minimum Gasteiger partial charge on any atom is -0.345 e. The summed E-state index contributed by atoms with van der Waals surface area (Å²) in [5, 5.41) is 3.98. The van der Waals surface area contributed by atoms with Gasteiger partial charge in [-0.1, -0.05) is 5.16 Å². The largest absolute Gasteiger partial charge is 0.345 e. The molecule has 0 radical (unpaired) electrons. The van der Waals surface area contributed by atoms with Crippen LogP contribution in [0.5, 0.6) is 0 Å². The van der Waals surface area contributed by atoms with Crippen molar-refractivity contribution in [2.45, 2.75) is 31.8 Å². The molecule has 2 N–H and O–H groups in total. The molecule has 0 spiro atoms. The molecular weight excluding hydrogens is 204 g/mol. The predicted molar refractivity (Wildman–Crippen MR) is 57.7 cm³/mol. The van der Waals surface area contributed by atoms with Gasteiger partial charge in [-0.05, 0) is 24.5 Å². The first-order valence-electron chi connectivity index (χ1n) is 5.52. The van der Waals surface area contributed by atoms with Gasteiger partial charge in [-0.3, -0.25) is 0 Å². The number of nitrogens with zero attached hydrogens (tertiary/aromatic N) is 3. The summed E-state index contributed by atoms with van der Waals surface area (Å²) in [6.07, 6.45) is 6.36. The van der Waals surface area contributed by atoms with Gasteiger partial charge in [0.25, 0.3) is 0 Å². The van der Waals surface area contributed by atoms with Crippen LogP contribution in [-0.4, -0.2) is 14.7 Å². The fourth-order valence-corrected chi connectivity index (χ4v) is 1.71. The monoisotopic (exact) mass is 218 g/mol. The first kappa shape index (κ1) is 9.59. The third-order valence-corrected chi connectivity index (χ3v) is 2.79. The van der Waals surface area contributed by atoms with Crippen LogP contribution in [0.15, 0.2) is 23.0 Å². The van der Waals surface area contributed by atoms with Gasteiger partial charge in [0.2, 0.25) is 5.89 Å². The van der Waals surface area contributed by atoms with Gasteiger partial charge in [-0.2, -0.15) is 4.98 Å². The second kappa shape index (κ2) is 3.75. The third kappa shape index (κ3) is 1.86. The Bertz CT molecular complexity index is 484. The Morgan fingerprint density at radius 2 is 2.38 bits per heavy atom. The molecule has 0 amide bonds. The lowest BCUT2D eigenvalue weighted by molar-refractivity contribution is 0.366. The highest BCUT2D eigenvalue weighted by molar-refractivity contribution is 5.10. The maximum Gasteiger partial charge on any atom is 0.246 e. The van der Waals surface area contributed by atoms with Crippen molar-refractivity contribution in [3.05, 3.63) is 35.7 Å². The highest BCUT2D eigenvalue weighted by Crippen LogP contribution is 2.38. The average Bonchev–Trinajstić information content (AvgIpc) is 2.88. The Hall–Kier alpha value is -1.62. The normalized spacial score (nSPS) is 15.6. The lowest BCUT2D eigenvalue weighted by Crippen LogP contribution is -1.98. The van der Waals surface area contributed by atoms with E-state index in [9.17, 15) is 0 Å². The van der Waals surface area contributed by atoms with Crippen LogP contribution in [0, 0.1) is 0 Å². The zero-order valence-electron chi connectivity index (χ0n) is 8.97.